The molecule has 3 heterocycles. The highest BCUT2D eigenvalue weighted by Crippen LogP contribution is 2.31. The first-order valence-corrected chi connectivity index (χ1v) is 13.1. The fraction of sp³-hybridized carbons (Fsp3) is 0.367. The molecule has 8 heteroatoms. The zero-order valence-electron chi connectivity index (χ0n) is 21.6. The molecular formula is C30H33N3O5. The molecule has 0 amide bonds. The Morgan fingerprint density at radius 2 is 1.58 bits per heavy atom. The minimum absolute atomic E-state index is 0.0272. The summed E-state index contributed by atoms with van der Waals surface area (Å²) in [5.41, 5.74) is 2.74. The van der Waals surface area contributed by atoms with E-state index in [4.69, 9.17) is 9.47 Å². The SMILES string of the molecule is COc1ccc(CN2C[C@@H]3CCC[C@@H](OC(=O)c4ccc([N+](=O)[O-])cc4)[C@H]2CN3Cc2ccccc2)cc1. The third kappa shape index (κ3) is 6.03. The van der Waals surface area contributed by atoms with E-state index in [1.165, 1.54) is 35.4 Å². The molecule has 3 aliphatic heterocycles. The molecule has 0 spiro atoms. The minimum Gasteiger partial charge on any atom is -0.497 e. The summed E-state index contributed by atoms with van der Waals surface area (Å²) in [6.07, 6.45) is 2.51. The van der Waals surface area contributed by atoms with Crippen LogP contribution in [0.15, 0.2) is 78.9 Å². The Labute approximate surface area is 222 Å². The monoisotopic (exact) mass is 515 g/mol. The average molecular weight is 516 g/mol. The van der Waals surface area contributed by atoms with Gasteiger partial charge in [-0.25, -0.2) is 4.79 Å². The number of ether oxygens (including phenoxy) is 2. The van der Waals surface area contributed by atoms with Gasteiger partial charge in [-0.1, -0.05) is 42.5 Å². The smallest absolute Gasteiger partial charge is 0.338 e. The van der Waals surface area contributed by atoms with E-state index in [9.17, 15) is 14.9 Å². The Balaban J connectivity index is 1.37. The lowest BCUT2D eigenvalue weighted by molar-refractivity contribution is -0.384. The van der Waals surface area contributed by atoms with Crippen LogP contribution in [0.5, 0.6) is 5.75 Å². The molecule has 0 unspecified atom stereocenters. The molecule has 38 heavy (non-hydrogen) atoms. The van der Waals surface area contributed by atoms with Crippen LogP contribution in [0, 0.1) is 10.1 Å². The van der Waals surface area contributed by atoms with Gasteiger partial charge >= 0.3 is 5.97 Å². The van der Waals surface area contributed by atoms with Crippen molar-refractivity contribution in [2.24, 2.45) is 0 Å². The number of carbonyl (C=O) groups excluding carboxylic acids is 1. The molecule has 0 saturated carbocycles. The molecule has 0 N–H and O–H groups in total. The third-order valence-corrected chi connectivity index (χ3v) is 7.65. The zero-order chi connectivity index (χ0) is 26.5. The topological polar surface area (TPSA) is 85.1 Å². The van der Waals surface area contributed by atoms with E-state index in [0.29, 0.717) is 11.6 Å². The quantitative estimate of drug-likeness (QED) is 0.235. The number of nitro groups is 1. The van der Waals surface area contributed by atoms with E-state index >= 15 is 0 Å². The molecule has 198 valence electrons. The van der Waals surface area contributed by atoms with Gasteiger partial charge in [0.1, 0.15) is 11.9 Å². The lowest BCUT2D eigenvalue weighted by Crippen LogP contribution is -2.62. The molecule has 3 fully saturated rings. The van der Waals surface area contributed by atoms with Crippen LogP contribution in [0.25, 0.3) is 0 Å². The van der Waals surface area contributed by atoms with Gasteiger partial charge in [0, 0.05) is 44.4 Å². The van der Waals surface area contributed by atoms with Crippen molar-refractivity contribution in [2.45, 2.75) is 50.5 Å². The number of nitrogens with zero attached hydrogens (tertiary/aromatic N) is 3. The summed E-state index contributed by atoms with van der Waals surface area (Å²) in [7, 11) is 1.66. The molecule has 0 radical (unpaired) electrons. The van der Waals surface area contributed by atoms with Crippen molar-refractivity contribution in [3.8, 4) is 5.75 Å². The van der Waals surface area contributed by atoms with Gasteiger partial charge in [-0.15, -0.1) is 0 Å². The van der Waals surface area contributed by atoms with E-state index < -0.39 is 10.9 Å². The number of piperazine rings is 1. The maximum Gasteiger partial charge on any atom is 0.338 e. The number of rotatable bonds is 8. The lowest BCUT2D eigenvalue weighted by Gasteiger charge is -2.50. The summed E-state index contributed by atoms with van der Waals surface area (Å²) < 4.78 is 11.5. The fourth-order valence-corrected chi connectivity index (χ4v) is 5.62. The first kappa shape index (κ1) is 25.9. The number of benzene rings is 3. The van der Waals surface area contributed by atoms with E-state index in [-0.39, 0.29) is 17.8 Å². The van der Waals surface area contributed by atoms with E-state index in [1.54, 1.807) is 7.11 Å². The number of methoxy groups -OCH3 is 1. The summed E-state index contributed by atoms with van der Waals surface area (Å²) >= 11 is 0. The third-order valence-electron chi connectivity index (χ3n) is 7.65. The van der Waals surface area contributed by atoms with Gasteiger partial charge in [0.2, 0.25) is 0 Å². The van der Waals surface area contributed by atoms with Crippen molar-refractivity contribution in [1.82, 2.24) is 9.80 Å². The molecule has 8 nitrogen and oxygen atoms in total. The van der Waals surface area contributed by atoms with Gasteiger partial charge in [-0.05, 0) is 54.7 Å². The molecule has 2 bridgehead atoms. The van der Waals surface area contributed by atoms with Crippen molar-refractivity contribution >= 4 is 11.7 Å². The second-order valence-electron chi connectivity index (χ2n) is 10.1. The van der Waals surface area contributed by atoms with Crippen molar-refractivity contribution in [3.05, 3.63) is 106 Å². The number of esters is 1. The number of carbonyl (C=O) groups is 1. The highest BCUT2D eigenvalue weighted by Gasteiger charge is 2.41. The molecule has 3 aliphatic rings. The summed E-state index contributed by atoms with van der Waals surface area (Å²) in [4.78, 5) is 28.7. The number of nitro benzene ring substituents is 1. The molecule has 3 aromatic rings. The van der Waals surface area contributed by atoms with Crippen LogP contribution in [0.4, 0.5) is 5.69 Å². The summed E-state index contributed by atoms with van der Waals surface area (Å²) in [5.74, 6) is 0.387. The molecule has 6 rings (SSSR count). The first-order chi connectivity index (χ1) is 18.5. The van der Waals surface area contributed by atoms with Gasteiger partial charge in [0.25, 0.3) is 5.69 Å². The molecule has 3 aromatic carbocycles. The maximum absolute atomic E-state index is 13.1. The Morgan fingerprint density at radius 1 is 0.895 bits per heavy atom. The molecule has 3 atom stereocenters. The Bertz CT molecular complexity index is 1230. The summed E-state index contributed by atoms with van der Waals surface area (Å²) in [6, 6.07) is 24.7. The van der Waals surface area contributed by atoms with Crippen LogP contribution in [0.2, 0.25) is 0 Å². The van der Waals surface area contributed by atoms with Crippen molar-refractivity contribution < 1.29 is 19.2 Å². The van der Waals surface area contributed by atoms with E-state index in [1.807, 2.05) is 18.2 Å². The Kier molecular flexibility index (Phi) is 8.00. The van der Waals surface area contributed by atoms with Crippen molar-refractivity contribution in [1.29, 1.82) is 0 Å². The number of hydrogen-bond acceptors (Lipinski definition) is 7. The van der Waals surface area contributed by atoms with Crippen LogP contribution >= 0.6 is 0 Å². The highest BCUT2D eigenvalue weighted by molar-refractivity contribution is 5.89. The van der Waals surface area contributed by atoms with Gasteiger partial charge < -0.3 is 9.47 Å². The minimum atomic E-state index is -0.471. The van der Waals surface area contributed by atoms with Gasteiger partial charge in [0.05, 0.1) is 23.6 Å². The van der Waals surface area contributed by atoms with Crippen LogP contribution in [-0.2, 0) is 17.8 Å². The largest absolute Gasteiger partial charge is 0.497 e. The van der Waals surface area contributed by atoms with Gasteiger partial charge in [-0.3, -0.25) is 19.9 Å². The van der Waals surface area contributed by atoms with Crippen LogP contribution in [0.3, 0.4) is 0 Å². The van der Waals surface area contributed by atoms with Crippen LogP contribution in [0.1, 0.15) is 40.7 Å². The van der Waals surface area contributed by atoms with Crippen LogP contribution in [-0.4, -0.2) is 59.1 Å². The lowest BCUT2D eigenvalue weighted by atomic mass is 9.90. The van der Waals surface area contributed by atoms with Crippen LogP contribution < -0.4 is 4.74 Å². The van der Waals surface area contributed by atoms with E-state index in [0.717, 1.165) is 51.2 Å². The first-order valence-electron chi connectivity index (χ1n) is 13.1. The second kappa shape index (κ2) is 11.8. The Morgan fingerprint density at radius 3 is 2.26 bits per heavy atom. The summed E-state index contributed by atoms with van der Waals surface area (Å²) in [6.45, 7) is 3.32. The molecule has 0 aliphatic carbocycles. The summed E-state index contributed by atoms with van der Waals surface area (Å²) in [5, 5.41) is 11.0. The fourth-order valence-electron chi connectivity index (χ4n) is 5.62. The molecule has 0 aromatic heterocycles. The van der Waals surface area contributed by atoms with E-state index in [2.05, 4.69) is 46.2 Å². The maximum atomic E-state index is 13.1. The van der Waals surface area contributed by atoms with Crippen molar-refractivity contribution in [3.63, 3.8) is 0 Å². The predicted octanol–water partition coefficient (Wildman–Crippen LogP) is 5.07. The second-order valence-corrected chi connectivity index (χ2v) is 10.1. The van der Waals surface area contributed by atoms with Gasteiger partial charge in [-0.2, -0.15) is 0 Å². The highest BCUT2D eigenvalue weighted by atomic mass is 16.6. The average Bonchev–Trinajstić information content (AvgIpc) is 2.93. The number of fused-ring (bicyclic) bond motifs is 5. The number of hydrogen-bond donors (Lipinski definition) is 0. The molecular weight excluding hydrogens is 482 g/mol. The normalized spacial score (nSPS) is 21.9. The standard InChI is InChI=1S/C30H33N3O5/c1-37-27-16-10-23(11-17-27)19-32-20-26-8-5-9-29(28(32)21-31(26)18-22-6-3-2-4-7-22)38-30(34)24-12-14-25(15-13-24)33(35)36/h2-4,6-7,10-17,26,28-29H,5,8-9,18-21H2,1H3/t26-,28+,29+/m0/s1. The van der Waals surface area contributed by atoms with Gasteiger partial charge in [0.15, 0.2) is 0 Å². The molecule has 3 saturated heterocycles. The Hall–Kier alpha value is -3.75. The van der Waals surface area contributed by atoms with Crippen molar-refractivity contribution in [2.75, 3.05) is 20.2 Å². The number of non-ortho nitro benzene ring substituents is 1. The predicted molar refractivity (Wildman–Crippen MR) is 144 cm³/mol. The zero-order valence-corrected chi connectivity index (χ0v) is 21.6.